The summed E-state index contributed by atoms with van der Waals surface area (Å²) in [6, 6.07) is 11.4. The molecule has 0 N–H and O–H groups in total. The number of hydrogen-bond acceptors (Lipinski definition) is 5. The summed E-state index contributed by atoms with van der Waals surface area (Å²) in [5, 5.41) is 12.5. The number of hydrogen-bond donors (Lipinski definition) is 0. The first-order valence-electron chi connectivity index (χ1n) is 8.28. The van der Waals surface area contributed by atoms with Gasteiger partial charge in [0.2, 0.25) is 0 Å². The van der Waals surface area contributed by atoms with E-state index in [9.17, 15) is 14.9 Å². The molecule has 1 amide bonds. The van der Waals surface area contributed by atoms with E-state index in [0.717, 1.165) is 0 Å². The first-order valence-corrected chi connectivity index (χ1v) is 9.91. The van der Waals surface area contributed by atoms with Crippen molar-refractivity contribution in [3.8, 4) is 0 Å². The Balaban J connectivity index is 1.80. The van der Waals surface area contributed by atoms with E-state index in [-0.39, 0.29) is 21.9 Å². The van der Waals surface area contributed by atoms with Crippen LogP contribution in [0.15, 0.2) is 53.5 Å². The Hall–Kier alpha value is -2.35. The zero-order valence-corrected chi connectivity index (χ0v) is 17.0. The number of nitro groups is 1. The van der Waals surface area contributed by atoms with E-state index in [4.69, 9.17) is 23.2 Å². The smallest absolute Gasteiger partial charge is 0.287 e. The van der Waals surface area contributed by atoms with Crippen LogP contribution < -0.4 is 0 Å². The number of rotatable bonds is 4. The van der Waals surface area contributed by atoms with Crippen molar-refractivity contribution < 1.29 is 9.72 Å². The predicted octanol–water partition coefficient (Wildman–Crippen LogP) is 5.57. The molecule has 0 saturated carbocycles. The third kappa shape index (κ3) is 4.92. The van der Waals surface area contributed by atoms with Crippen LogP contribution in [0, 0.1) is 10.1 Å². The van der Waals surface area contributed by atoms with E-state index in [0.29, 0.717) is 28.0 Å². The lowest BCUT2D eigenvalue weighted by molar-refractivity contribution is -0.384. The molecule has 9 heteroatoms. The van der Waals surface area contributed by atoms with Gasteiger partial charge in [0.15, 0.2) is 5.17 Å². The van der Waals surface area contributed by atoms with Crippen molar-refractivity contribution in [2.75, 3.05) is 6.54 Å². The number of nitro benzene ring substituents is 1. The minimum absolute atomic E-state index is 0.0515. The van der Waals surface area contributed by atoms with Crippen molar-refractivity contribution >= 4 is 63.5 Å². The number of aliphatic imine (C=N–C) groups is 1. The summed E-state index contributed by atoms with van der Waals surface area (Å²) in [5.74, 6) is -0.248. The van der Waals surface area contributed by atoms with E-state index >= 15 is 0 Å². The molecule has 0 radical (unpaired) electrons. The van der Waals surface area contributed by atoms with Crippen molar-refractivity contribution in [1.29, 1.82) is 0 Å². The van der Waals surface area contributed by atoms with Crippen molar-refractivity contribution in [2.24, 2.45) is 4.99 Å². The van der Waals surface area contributed by atoms with Gasteiger partial charge in [-0.05, 0) is 42.0 Å². The molecular formula is C19H15Cl2N3O3S. The van der Waals surface area contributed by atoms with Crippen LogP contribution in [0.3, 0.4) is 0 Å². The van der Waals surface area contributed by atoms with Gasteiger partial charge < -0.3 is 0 Å². The van der Waals surface area contributed by atoms with Crippen LogP contribution in [0.1, 0.15) is 12.5 Å². The van der Waals surface area contributed by atoms with Gasteiger partial charge in [0.25, 0.3) is 11.6 Å². The lowest BCUT2D eigenvalue weighted by Gasteiger charge is -2.13. The Labute approximate surface area is 176 Å². The summed E-state index contributed by atoms with van der Waals surface area (Å²) in [6.07, 6.45) is 2.90. The quantitative estimate of drug-likeness (QED) is 0.357. The summed E-state index contributed by atoms with van der Waals surface area (Å²) >= 11 is 13.2. The van der Waals surface area contributed by atoms with E-state index in [1.807, 2.05) is 6.92 Å². The van der Waals surface area contributed by atoms with Crippen LogP contribution in [0.2, 0.25) is 10.0 Å². The molecule has 1 unspecified atom stereocenters. The van der Waals surface area contributed by atoms with E-state index in [2.05, 4.69) is 4.99 Å². The molecule has 1 heterocycles. The zero-order valence-electron chi connectivity index (χ0n) is 14.7. The number of carbonyl (C=O) groups is 1. The van der Waals surface area contributed by atoms with Crippen LogP contribution in [0.5, 0.6) is 0 Å². The second-order valence-corrected chi connectivity index (χ2v) is 8.30. The van der Waals surface area contributed by atoms with Gasteiger partial charge in [0, 0.05) is 29.0 Å². The number of amides is 1. The molecule has 28 heavy (non-hydrogen) atoms. The maximum atomic E-state index is 12.7. The molecule has 1 aliphatic rings. The molecule has 0 bridgehead atoms. The fourth-order valence-corrected chi connectivity index (χ4v) is 3.89. The Morgan fingerprint density at radius 1 is 1.29 bits per heavy atom. The molecule has 1 aliphatic heterocycles. The fourth-order valence-electron chi connectivity index (χ4n) is 2.54. The van der Waals surface area contributed by atoms with Crippen LogP contribution in [0.4, 0.5) is 11.4 Å². The number of thioether (sulfide) groups is 1. The highest BCUT2D eigenvalue weighted by Gasteiger charge is 2.29. The first-order chi connectivity index (χ1) is 13.3. The Morgan fingerprint density at radius 3 is 2.68 bits per heavy atom. The van der Waals surface area contributed by atoms with Gasteiger partial charge in [-0.1, -0.05) is 48.0 Å². The average Bonchev–Trinajstić information content (AvgIpc) is 3.02. The van der Waals surface area contributed by atoms with Crippen LogP contribution in [0.25, 0.3) is 6.08 Å². The molecule has 2 aromatic carbocycles. The maximum absolute atomic E-state index is 12.7. The monoisotopic (exact) mass is 435 g/mol. The van der Waals surface area contributed by atoms with Crippen molar-refractivity contribution in [1.82, 2.24) is 4.90 Å². The number of benzene rings is 2. The van der Waals surface area contributed by atoms with Crippen LogP contribution in [-0.2, 0) is 4.79 Å². The molecule has 144 valence electrons. The molecule has 6 nitrogen and oxygen atoms in total. The molecule has 0 aliphatic carbocycles. The molecule has 1 saturated heterocycles. The Bertz CT molecular complexity index is 977. The van der Waals surface area contributed by atoms with Crippen molar-refractivity contribution in [3.05, 3.63) is 74.3 Å². The van der Waals surface area contributed by atoms with Crippen molar-refractivity contribution in [3.63, 3.8) is 0 Å². The summed E-state index contributed by atoms with van der Waals surface area (Å²) < 4.78 is 0. The number of amidine groups is 1. The third-order valence-corrected chi connectivity index (χ3v) is 5.53. The van der Waals surface area contributed by atoms with Gasteiger partial charge in [-0.25, -0.2) is 4.99 Å². The maximum Gasteiger partial charge on any atom is 0.288 e. The molecule has 0 spiro atoms. The van der Waals surface area contributed by atoms with Gasteiger partial charge in [-0.3, -0.25) is 19.8 Å². The molecule has 1 atom stereocenters. The highest BCUT2D eigenvalue weighted by molar-refractivity contribution is 8.14. The summed E-state index contributed by atoms with van der Waals surface area (Å²) in [7, 11) is 0. The molecule has 1 fully saturated rings. The third-order valence-electron chi connectivity index (χ3n) is 3.88. The largest absolute Gasteiger partial charge is 0.288 e. The highest BCUT2D eigenvalue weighted by Crippen LogP contribution is 2.29. The first kappa shape index (κ1) is 20.4. The topological polar surface area (TPSA) is 75.8 Å². The number of carbonyl (C=O) groups excluding carboxylic acids is 1. The molecule has 2 aromatic rings. The Morgan fingerprint density at radius 2 is 2.00 bits per heavy atom. The van der Waals surface area contributed by atoms with Gasteiger partial charge in [0.05, 0.1) is 10.6 Å². The molecule has 0 aromatic heterocycles. The predicted molar refractivity (Wildman–Crippen MR) is 114 cm³/mol. The standard InChI is InChI=1S/C19H15Cl2N3O3S/c1-12-11-23(19(28-12)22-15-6-4-14(20)5-7-15)18(25)9-3-13-2-8-16(21)17(10-13)24(26)27/h2-10,12H,11H2,1H3/b9-3+,22-19?. The van der Waals surface area contributed by atoms with Gasteiger partial charge in [-0.2, -0.15) is 0 Å². The minimum atomic E-state index is -0.558. The summed E-state index contributed by atoms with van der Waals surface area (Å²) in [5.41, 5.74) is 1.02. The minimum Gasteiger partial charge on any atom is -0.287 e. The zero-order chi connectivity index (χ0) is 20.3. The van der Waals surface area contributed by atoms with Crippen molar-refractivity contribution in [2.45, 2.75) is 12.2 Å². The van der Waals surface area contributed by atoms with Crippen LogP contribution >= 0.6 is 35.0 Å². The Kier molecular flexibility index (Phi) is 6.39. The average molecular weight is 436 g/mol. The van der Waals surface area contributed by atoms with Crippen LogP contribution in [-0.4, -0.2) is 32.7 Å². The lowest BCUT2D eigenvalue weighted by atomic mass is 10.2. The molecule has 3 rings (SSSR count). The number of nitrogens with zero attached hydrogens (tertiary/aromatic N) is 3. The lowest BCUT2D eigenvalue weighted by Crippen LogP contribution is -2.30. The SMILES string of the molecule is CC1CN(C(=O)/C=C/c2ccc(Cl)c([N+](=O)[O-])c2)C(=Nc2ccc(Cl)cc2)S1. The second-order valence-electron chi connectivity index (χ2n) is 6.05. The van der Waals surface area contributed by atoms with E-state index < -0.39 is 4.92 Å². The van der Waals surface area contributed by atoms with Gasteiger partial charge >= 0.3 is 0 Å². The number of halogens is 2. The van der Waals surface area contributed by atoms with E-state index in [1.54, 1.807) is 35.2 Å². The second kappa shape index (κ2) is 8.77. The van der Waals surface area contributed by atoms with E-state index in [1.165, 1.54) is 36.0 Å². The fraction of sp³-hybridized carbons (Fsp3) is 0.158. The highest BCUT2D eigenvalue weighted by atomic mass is 35.5. The van der Waals surface area contributed by atoms with Gasteiger partial charge in [-0.15, -0.1) is 0 Å². The summed E-state index contributed by atoms with van der Waals surface area (Å²) in [4.78, 5) is 29.2. The molecular weight excluding hydrogens is 421 g/mol. The summed E-state index contributed by atoms with van der Waals surface area (Å²) in [6.45, 7) is 2.54. The van der Waals surface area contributed by atoms with Gasteiger partial charge in [0.1, 0.15) is 5.02 Å². The normalized spacial score (nSPS) is 18.2.